The minimum absolute atomic E-state index is 0.179. The normalized spacial score (nSPS) is 12.0. The first-order valence-corrected chi connectivity index (χ1v) is 6.44. The van der Waals surface area contributed by atoms with Crippen LogP contribution in [0.15, 0.2) is 0 Å². The maximum absolute atomic E-state index is 5.70. The van der Waals surface area contributed by atoms with Gasteiger partial charge in [0.2, 0.25) is 0 Å². The van der Waals surface area contributed by atoms with E-state index in [1.165, 1.54) is 0 Å². The van der Waals surface area contributed by atoms with Crippen LogP contribution in [-0.4, -0.2) is 22.3 Å². The van der Waals surface area contributed by atoms with Gasteiger partial charge in [-0.3, -0.25) is 0 Å². The van der Waals surface area contributed by atoms with E-state index in [4.69, 9.17) is 23.2 Å². The van der Waals surface area contributed by atoms with Gasteiger partial charge < -0.3 is 0 Å². The van der Waals surface area contributed by atoms with Gasteiger partial charge in [-0.1, -0.05) is 21.6 Å². The van der Waals surface area contributed by atoms with E-state index in [2.05, 4.69) is 13.8 Å². The fourth-order valence-corrected chi connectivity index (χ4v) is 3.26. The van der Waals surface area contributed by atoms with Gasteiger partial charge in [-0.15, -0.1) is 23.2 Å². The van der Waals surface area contributed by atoms with Crippen LogP contribution in [0.4, 0.5) is 0 Å². The molecule has 0 aromatic heterocycles. The van der Waals surface area contributed by atoms with Crippen LogP contribution < -0.4 is 0 Å². The SMILES string of the molecule is CC(C)(CCl)SSCCCl. The van der Waals surface area contributed by atoms with Gasteiger partial charge in [0.1, 0.15) is 0 Å². The summed E-state index contributed by atoms with van der Waals surface area (Å²) in [6.07, 6.45) is 0. The van der Waals surface area contributed by atoms with Crippen LogP contribution in [0.5, 0.6) is 0 Å². The zero-order valence-electron chi connectivity index (χ0n) is 6.19. The summed E-state index contributed by atoms with van der Waals surface area (Å²) in [5, 5.41) is 0. The lowest BCUT2D eigenvalue weighted by Crippen LogP contribution is -2.14. The minimum Gasteiger partial charge on any atom is -0.126 e. The molecule has 0 saturated heterocycles. The Kier molecular flexibility index (Phi) is 6.62. The van der Waals surface area contributed by atoms with Gasteiger partial charge in [0.15, 0.2) is 0 Å². The summed E-state index contributed by atoms with van der Waals surface area (Å²) in [6.45, 7) is 4.26. The quantitative estimate of drug-likeness (QED) is 0.393. The van der Waals surface area contributed by atoms with E-state index in [0.29, 0.717) is 5.88 Å². The third-order valence-electron chi connectivity index (χ3n) is 0.767. The molecule has 0 fully saturated rings. The van der Waals surface area contributed by atoms with E-state index in [1.807, 2.05) is 0 Å². The molecule has 0 N–H and O–H groups in total. The van der Waals surface area contributed by atoms with Gasteiger partial charge in [0, 0.05) is 22.3 Å². The average Bonchev–Trinajstić information content (AvgIpc) is 1.89. The number of alkyl halides is 2. The van der Waals surface area contributed by atoms with Crippen molar-refractivity contribution in [2.45, 2.75) is 18.6 Å². The molecule has 0 rings (SSSR count). The van der Waals surface area contributed by atoms with Crippen LogP contribution in [-0.2, 0) is 0 Å². The molecule has 0 saturated carbocycles. The maximum Gasteiger partial charge on any atom is 0.0373 e. The summed E-state index contributed by atoms with van der Waals surface area (Å²) in [7, 11) is 3.59. The van der Waals surface area contributed by atoms with Crippen molar-refractivity contribution in [2.75, 3.05) is 17.5 Å². The first-order chi connectivity index (χ1) is 4.62. The average molecular weight is 219 g/mol. The Bertz CT molecular complexity index is 85.8. The van der Waals surface area contributed by atoms with Crippen LogP contribution in [0.3, 0.4) is 0 Å². The molecule has 0 amide bonds. The predicted molar refractivity (Wildman–Crippen MR) is 55.6 cm³/mol. The molecule has 0 aromatic carbocycles. The first-order valence-electron chi connectivity index (χ1n) is 3.05. The topological polar surface area (TPSA) is 0 Å². The smallest absolute Gasteiger partial charge is 0.0373 e. The van der Waals surface area contributed by atoms with Gasteiger partial charge in [-0.25, -0.2) is 0 Å². The highest BCUT2D eigenvalue weighted by molar-refractivity contribution is 8.77. The molecular weight excluding hydrogens is 207 g/mol. The molecule has 0 aliphatic rings. The van der Waals surface area contributed by atoms with Crippen molar-refractivity contribution < 1.29 is 0 Å². The van der Waals surface area contributed by atoms with E-state index in [1.54, 1.807) is 21.6 Å². The van der Waals surface area contributed by atoms with Gasteiger partial charge in [-0.2, -0.15) is 0 Å². The predicted octanol–water partition coefficient (Wildman–Crippen LogP) is 3.62. The molecule has 0 nitrogen and oxygen atoms in total. The number of hydrogen-bond donors (Lipinski definition) is 0. The summed E-state index contributed by atoms with van der Waals surface area (Å²) in [4.78, 5) is 0. The van der Waals surface area contributed by atoms with Crippen LogP contribution in [0.25, 0.3) is 0 Å². The molecule has 0 atom stereocenters. The van der Waals surface area contributed by atoms with E-state index in [-0.39, 0.29) is 4.75 Å². The molecule has 0 heterocycles. The third kappa shape index (κ3) is 6.02. The Hall–Kier alpha value is 1.28. The molecule has 62 valence electrons. The molecule has 0 radical (unpaired) electrons. The van der Waals surface area contributed by atoms with E-state index >= 15 is 0 Å². The zero-order chi connectivity index (χ0) is 8.04. The molecule has 0 spiro atoms. The van der Waals surface area contributed by atoms with Crippen LogP contribution >= 0.6 is 44.8 Å². The molecule has 0 unspecified atom stereocenters. The van der Waals surface area contributed by atoms with Crippen LogP contribution in [0.1, 0.15) is 13.8 Å². The molecule has 0 aromatic rings. The lowest BCUT2D eigenvalue weighted by atomic mass is 10.3. The standard InChI is InChI=1S/C6H12Cl2S2/c1-6(2,5-8)10-9-4-3-7/h3-5H2,1-2H3. The number of rotatable bonds is 5. The zero-order valence-corrected chi connectivity index (χ0v) is 9.34. The van der Waals surface area contributed by atoms with E-state index in [9.17, 15) is 0 Å². The van der Waals surface area contributed by atoms with Gasteiger partial charge in [0.25, 0.3) is 0 Å². The summed E-state index contributed by atoms with van der Waals surface area (Å²) in [5.74, 6) is 2.40. The largest absolute Gasteiger partial charge is 0.126 e. The Balaban J connectivity index is 3.28. The van der Waals surface area contributed by atoms with Crippen molar-refractivity contribution in [3.63, 3.8) is 0 Å². The Morgan fingerprint density at radius 2 is 1.90 bits per heavy atom. The maximum atomic E-state index is 5.70. The molecule has 0 aliphatic carbocycles. The molecule has 4 heteroatoms. The molecule has 0 aliphatic heterocycles. The van der Waals surface area contributed by atoms with Crippen LogP contribution in [0.2, 0.25) is 0 Å². The van der Waals surface area contributed by atoms with Crippen molar-refractivity contribution in [3.8, 4) is 0 Å². The van der Waals surface area contributed by atoms with Crippen molar-refractivity contribution in [2.24, 2.45) is 0 Å². The van der Waals surface area contributed by atoms with Crippen molar-refractivity contribution in [3.05, 3.63) is 0 Å². The Labute approximate surface area is 80.8 Å². The fourth-order valence-electron chi connectivity index (χ4n) is 0.255. The highest BCUT2D eigenvalue weighted by atomic mass is 35.5. The Morgan fingerprint density at radius 3 is 2.30 bits per heavy atom. The van der Waals surface area contributed by atoms with Crippen molar-refractivity contribution in [1.29, 1.82) is 0 Å². The first kappa shape index (κ1) is 11.3. The second-order valence-electron chi connectivity index (χ2n) is 2.49. The fraction of sp³-hybridized carbons (Fsp3) is 1.00. The second kappa shape index (κ2) is 5.87. The number of halogens is 2. The Morgan fingerprint density at radius 1 is 1.30 bits per heavy atom. The van der Waals surface area contributed by atoms with E-state index < -0.39 is 0 Å². The number of hydrogen-bond acceptors (Lipinski definition) is 2. The van der Waals surface area contributed by atoms with Gasteiger partial charge >= 0.3 is 0 Å². The molecular formula is C6H12Cl2S2. The van der Waals surface area contributed by atoms with Gasteiger partial charge in [0.05, 0.1) is 0 Å². The lowest BCUT2D eigenvalue weighted by molar-refractivity contribution is 0.819. The van der Waals surface area contributed by atoms with E-state index in [0.717, 1.165) is 11.6 Å². The third-order valence-corrected chi connectivity index (χ3v) is 5.30. The second-order valence-corrected chi connectivity index (χ2v) is 6.26. The van der Waals surface area contributed by atoms with Crippen molar-refractivity contribution in [1.82, 2.24) is 0 Å². The molecule has 0 bridgehead atoms. The highest BCUT2D eigenvalue weighted by Crippen LogP contribution is 2.36. The summed E-state index contributed by atoms with van der Waals surface area (Å²) >= 11 is 11.2. The van der Waals surface area contributed by atoms with Crippen molar-refractivity contribution >= 4 is 44.8 Å². The van der Waals surface area contributed by atoms with Gasteiger partial charge in [-0.05, 0) is 13.8 Å². The van der Waals surface area contributed by atoms with Crippen LogP contribution in [0, 0.1) is 0 Å². The summed E-state index contributed by atoms with van der Waals surface area (Å²) in [6, 6.07) is 0. The summed E-state index contributed by atoms with van der Waals surface area (Å²) in [5.41, 5.74) is 0. The monoisotopic (exact) mass is 218 g/mol. The highest BCUT2D eigenvalue weighted by Gasteiger charge is 2.16. The molecule has 10 heavy (non-hydrogen) atoms. The summed E-state index contributed by atoms with van der Waals surface area (Å²) < 4.78 is 0.179. The lowest BCUT2D eigenvalue weighted by Gasteiger charge is -2.18. The minimum atomic E-state index is 0.179.